The molecule has 14 heteroatoms. The van der Waals surface area contributed by atoms with Crippen molar-refractivity contribution < 1.29 is 53.4 Å². The first kappa shape index (κ1) is 41.9. The molecule has 0 saturated heterocycles. The predicted molar refractivity (Wildman–Crippen MR) is 162 cm³/mol. The van der Waals surface area contributed by atoms with Gasteiger partial charge in [0.2, 0.25) is 0 Å². The first-order valence-corrected chi connectivity index (χ1v) is 15.4. The number of hydrogen-bond donors (Lipinski definition) is 2. The molecule has 2 aliphatic carbocycles. The van der Waals surface area contributed by atoms with E-state index in [2.05, 4.69) is 91.8 Å². The van der Waals surface area contributed by atoms with Crippen LogP contribution in [0, 0.1) is 42.9 Å². The Balaban J connectivity index is 0.000000626. The zero-order chi connectivity index (χ0) is 32.9. The van der Waals surface area contributed by atoms with E-state index in [1.165, 1.54) is 38.5 Å². The fourth-order valence-corrected chi connectivity index (χ4v) is 5.67. The number of hydrazone groups is 2. The molecule has 2 heterocycles. The average molecular weight is 725 g/mol. The number of rotatable bonds is 5. The van der Waals surface area contributed by atoms with Crippen LogP contribution in [-0.2, 0) is 30.0 Å². The Hall–Kier alpha value is -2.07. The molecule has 0 aromatic carbocycles. The number of carboxylic acid groups (broad SMARTS) is 2. The molecule has 44 heavy (non-hydrogen) atoms. The number of carbonyl (C=O) groups is 2. The van der Waals surface area contributed by atoms with Crippen LogP contribution in [0.15, 0.2) is 10.2 Å². The zero-order valence-electron chi connectivity index (χ0n) is 27.4. The van der Waals surface area contributed by atoms with Gasteiger partial charge in [-0.1, -0.05) is 47.5 Å². The van der Waals surface area contributed by atoms with Crippen LogP contribution >= 0.6 is 0 Å². The van der Waals surface area contributed by atoms with Crippen molar-refractivity contribution >= 4 is 24.6 Å². The summed E-state index contributed by atoms with van der Waals surface area (Å²) in [4.78, 5) is 22.2. The smallest absolute Gasteiger partial charge is 0.491 e. The second-order valence-corrected chi connectivity index (χ2v) is 12.3. The van der Waals surface area contributed by atoms with Gasteiger partial charge >= 0.3 is 32.6 Å². The maximum atomic E-state index is 10.6. The number of hydrogen-bond acceptors (Lipinski definition) is 8. The topological polar surface area (TPSA) is 112 Å². The summed E-state index contributed by atoms with van der Waals surface area (Å²) in [6.45, 7) is 23.5. The third-order valence-corrected chi connectivity index (χ3v) is 8.25. The summed E-state index contributed by atoms with van der Waals surface area (Å²) in [6, 6.07) is 1.22. The quantitative estimate of drug-likeness (QED) is 0.248. The van der Waals surface area contributed by atoms with Gasteiger partial charge in [-0.25, -0.2) is 15.0 Å². The molecule has 0 unspecified atom stereocenters. The normalized spacial score (nSPS) is 27.8. The van der Waals surface area contributed by atoms with Gasteiger partial charge in [0.1, 0.15) is 0 Å². The van der Waals surface area contributed by atoms with Gasteiger partial charge in [-0.3, -0.25) is 4.79 Å². The van der Waals surface area contributed by atoms with E-state index in [0.717, 1.165) is 49.6 Å². The van der Waals surface area contributed by atoms with Gasteiger partial charge < -0.3 is 30.0 Å². The van der Waals surface area contributed by atoms with E-state index < -0.39 is 18.1 Å². The molecule has 0 amide bonds. The van der Waals surface area contributed by atoms with Gasteiger partial charge in [0.05, 0.1) is 12.7 Å². The molecular weight excluding hydrogens is 672 g/mol. The Morgan fingerprint density at radius 1 is 0.864 bits per heavy atom. The van der Waals surface area contributed by atoms with E-state index in [4.69, 9.17) is 19.8 Å². The van der Waals surface area contributed by atoms with Gasteiger partial charge in [0.25, 0.3) is 5.97 Å². The SMILES string of the molecule is CC(=O)O.CCN1C=NN([C@H]2C[C@H](C)CC[C@H]2C(C)C)[CH-]1.CCN1C=NN([C@H]2C[C@H](C)CC[C@H]2C)[CH-]1.O=C(O)C(F)(F)F.[Pd+2]. The second kappa shape index (κ2) is 20.1. The molecule has 4 aliphatic rings. The molecule has 2 N–H and O–H groups in total. The average Bonchev–Trinajstić information content (AvgIpc) is 3.60. The fraction of sp³-hybridized carbons (Fsp3) is 0.800. The molecule has 2 saturated carbocycles. The van der Waals surface area contributed by atoms with Crippen LogP contribution in [0.5, 0.6) is 0 Å². The van der Waals surface area contributed by atoms with Crippen molar-refractivity contribution in [3.63, 3.8) is 0 Å². The third-order valence-electron chi connectivity index (χ3n) is 8.25. The molecule has 4 rings (SSSR count). The van der Waals surface area contributed by atoms with E-state index in [0.29, 0.717) is 12.1 Å². The van der Waals surface area contributed by atoms with Crippen molar-refractivity contribution in [2.24, 2.45) is 39.8 Å². The monoisotopic (exact) mass is 724 g/mol. The number of aliphatic carboxylic acids is 2. The summed E-state index contributed by atoms with van der Waals surface area (Å²) in [5.41, 5.74) is 0. The summed E-state index contributed by atoms with van der Waals surface area (Å²) in [7, 11) is 0. The molecule has 10 nitrogen and oxygen atoms in total. The van der Waals surface area contributed by atoms with Crippen LogP contribution in [0.3, 0.4) is 0 Å². The van der Waals surface area contributed by atoms with Crippen LogP contribution in [0.4, 0.5) is 13.2 Å². The fourth-order valence-electron chi connectivity index (χ4n) is 5.67. The summed E-state index contributed by atoms with van der Waals surface area (Å²) < 4.78 is 31.7. The Kier molecular flexibility index (Phi) is 19.2. The van der Waals surface area contributed by atoms with Crippen molar-refractivity contribution in [3.05, 3.63) is 13.3 Å². The Labute approximate surface area is 275 Å². The molecule has 0 bridgehead atoms. The Bertz CT molecular complexity index is 906. The van der Waals surface area contributed by atoms with Crippen LogP contribution < -0.4 is 0 Å². The standard InChI is InChI=1S/C14H26N3.C12H22N3.C2HF3O2.C2H4O2.Pd/c1-5-16-9-15-17(10-16)14-8-12(4)6-7-13(14)11(2)3;1-4-14-8-13-15(9-14)12-7-10(2)5-6-11(12)3;3-2(4,5)1(6)7;1-2(3)4;/h9-14H,5-8H2,1-4H3;8-12H,4-7H2,1-3H3;(H,6,7);1H3,(H,3,4);/q2*-1;;;+2/t12-,13+,14+;10-,11-,12+;;;/m11.../s1. The van der Waals surface area contributed by atoms with Crippen LogP contribution in [0.25, 0.3) is 0 Å². The third kappa shape index (κ3) is 14.8. The molecule has 0 aromatic rings. The molecule has 0 spiro atoms. The number of carboxylic acids is 2. The summed E-state index contributed by atoms with van der Waals surface area (Å²) in [5.74, 6) is 0.418. The van der Waals surface area contributed by atoms with Crippen molar-refractivity contribution in [1.29, 1.82) is 0 Å². The zero-order valence-corrected chi connectivity index (χ0v) is 28.9. The van der Waals surface area contributed by atoms with Crippen molar-refractivity contribution in [1.82, 2.24) is 19.8 Å². The van der Waals surface area contributed by atoms with E-state index >= 15 is 0 Å². The van der Waals surface area contributed by atoms with Crippen molar-refractivity contribution in [3.8, 4) is 0 Å². The molecule has 0 radical (unpaired) electrons. The number of halogens is 3. The molecule has 0 aromatic heterocycles. The predicted octanol–water partition coefficient (Wildman–Crippen LogP) is 6.38. The van der Waals surface area contributed by atoms with E-state index in [1.54, 1.807) is 0 Å². The minimum atomic E-state index is -5.08. The maximum Gasteiger partial charge on any atom is 2.00 e. The van der Waals surface area contributed by atoms with E-state index in [1.807, 2.05) is 12.7 Å². The molecule has 6 atom stereocenters. The molecule has 2 fully saturated rings. The van der Waals surface area contributed by atoms with Gasteiger partial charge in [0, 0.05) is 19.0 Å². The number of alkyl halides is 3. The van der Waals surface area contributed by atoms with Crippen LogP contribution in [-0.4, -0.2) is 86.0 Å². The summed E-state index contributed by atoms with van der Waals surface area (Å²) >= 11 is 0. The van der Waals surface area contributed by atoms with Gasteiger partial charge in [-0.05, 0) is 82.2 Å². The second-order valence-electron chi connectivity index (χ2n) is 12.3. The first-order valence-electron chi connectivity index (χ1n) is 15.4. The first-order chi connectivity index (χ1) is 20.0. The van der Waals surface area contributed by atoms with Crippen LogP contribution in [0.1, 0.15) is 93.9 Å². The van der Waals surface area contributed by atoms with E-state index in [9.17, 15) is 13.2 Å². The number of nitrogens with zero attached hydrogens (tertiary/aromatic N) is 6. The van der Waals surface area contributed by atoms with Crippen molar-refractivity contribution in [2.45, 2.75) is 112 Å². The van der Waals surface area contributed by atoms with Gasteiger partial charge in [-0.15, -0.1) is 13.3 Å². The minimum Gasteiger partial charge on any atom is -0.491 e. The van der Waals surface area contributed by atoms with Crippen LogP contribution in [0.2, 0.25) is 0 Å². The minimum absolute atomic E-state index is 0. The molecular formula is C30H53F3N6O4Pd. The molecule has 2 aliphatic heterocycles. The summed E-state index contributed by atoms with van der Waals surface area (Å²) in [5, 5.41) is 28.0. The largest absolute Gasteiger partial charge is 2.00 e. The van der Waals surface area contributed by atoms with Gasteiger partial charge in [0.15, 0.2) is 0 Å². The maximum absolute atomic E-state index is 10.6. The van der Waals surface area contributed by atoms with Gasteiger partial charge in [-0.2, -0.15) is 13.2 Å². The van der Waals surface area contributed by atoms with E-state index in [-0.39, 0.29) is 20.4 Å². The summed E-state index contributed by atoms with van der Waals surface area (Å²) in [6.07, 6.45) is 6.85. The van der Waals surface area contributed by atoms with Crippen molar-refractivity contribution in [2.75, 3.05) is 13.1 Å². The molecule has 258 valence electrons. The Morgan fingerprint density at radius 3 is 1.61 bits per heavy atom. The Morgan fingerprint density at radius 2 is 1.25 bits per heavy atom.